The van der Waals surface area contributed by atoms with E-state index in [0.29, 0.717) is 38.6 Å². The number of guanidine groups is 1. The minimum absolute atomic E-state index is 0.0767. The quantitative estimate of drug-likeness (QED) is 0.0482. The molecule has 40 heavy (non-hydrogen) atoms. The number of aliphatic hydroxyl groups excluding tert-OH is 2. The maximum absolute atomic E-state index is 12.2. The molecule has 0 saturated heterocycles. The molecule has 0 radical (unpaired) electrons. The smallest absolute Gasteiger partial charge is 0.338 e. The van der Waals surface area contributed by atoms with Crippen LogP contribution in [0.2, 0.25) is 0 Å². The first-order chi connectivity index (χ1) is 19.0. The largest absolute Gasteiger partial charge is 0.550 e. The second kappa shape index (κ2) is 19.7. The summed E-state index contributed by atoms with van der Waals surface area (Å²) in [7, 11) is 0. The summed E-state index contributed by atoms with van der Waals surface area (Å²) >= 11 is 0. The zero-order valence-corrected chi connectivity index (χ0v) is 23.2. The number of carboxylic acid groups (broad SMARTS) is 2. The van der Waals surface area contributed by atoms with Crippen molar-refractivity contribution in [2.75, 3.05) is 6.54 Å². The average molecular weight is 563 g/mol. The third kappa shape index (κ3) is 15.3. The Morgan fingerprint density at radius 3 is 2.38 bits per heavy atom. The summed E-state index contributed by atoms with van der Waals surface area (Å²) in [5.74, 6) is -2.39. The van der Waals surface area contributed by atoms with Gasteiger partial charge in [0.1, 0.15) is 11.8 Å². The van der Waals surface area contributed by atoms with Crippen molar-refractivity contribution in [1.82, 2.24) is 0 Å². The number of rotatable bonds is 17. The molecule has 0 aliphatic heterocycles. The van der Waals surface area contributed by atoms with Crippen molar-refractivity contribution in [3.8, 4) is 0 Å². The third-order valence-electron chi connectivity index (χ3n) is 6.90. The van der Waals surface area contributed by atoms with Crippen LogP contribution in [0.1, 0.15) is 69.8 Å². The molecule has 1 aliphatic carbocycles. The number of benzene rings is 1. The van der Waals surface area contributed by atoms with Crippen LogP contribution in [0.5, 0.6) is 0 Å². The number of nitrogens with two attached hydrogens (primary N) is 2. The number of carbonyl (C=O) groups is 3. The molecular weight excluding hydrogens is 516 g/mol. The number of unbranched alkanes of at least 4 members (excludes halogenated alkanes) is 3. The van der Waals surface area contributed by atoms with Gasteiger partial charge in [0.2, 0.25) is 0 Å². The molecule has 0 amide bonds. The van der Waals surface area contributed by atoms with Gasteiger partial charge in [-0.25, -0.2) is 0 Å². The van der Waals surface area contributed by atoms with E-state index in [1.54, 1.807) is 6.08 Å². The summed E-state index contributed by atoms with van der Waals surface area (Å²) in [5, 5.41) is 41.0. The molecule has 0 spiro atoms. The van der Waals surface area contributed by atoms with E-state index in [0.717, 1.165) is 25.7 Å². The maximum Gasteiger partial charge on any atom is 0.338 e. The van der Waals surface area contributed by atoms with Gasteiger partial charge in [-0.15, -0.1) is 0 Å². The Balaban J connectivity index is 0.000000562. The number of Topliss-reactive ketones (excluding diaryl/α,β-unsaturated/α-hetero) is 1. The highest BCUT2D eigenvalue weighted by molar-refractivity contribution is 5.84. The molecule has 11 heteroatoms. The molecule has 1 aliphatic rings. The molecule has 1 aromatic carbocycles. The van der Waals surface area contributed by atoms with Crippen molar-refractivity contribution in [2.45, 2.75) is 88.9 Å². The van der Waals surface area contributed by atoms with Crippen LogP contribution in [-0.4, -0.2) is 58.7 Å². The van der Waals surface area contributed by atoms with Gasteiger partial charge >= 0.3 is 5.96 Å². The van der Waals surface area contributed by atoms with Crippen LogP contribution in [0.4, 0.5) is 0 Å². The number of aryl methyl sites for hydroxylation is 1. The average Bonchev–Trinajstić information content (AvgIpc) is 3.18. The second-order valence-electron chi connectivity index (χ2n) is 10.3. The topological polar surface area (TPSA) is 231 Å². The summed E-state index contributed by atoms with van der Waals surface area (Å²) in [6.07, 6.45) is 8.75. The molecule has 1 fully saturated rings. The predicted octanol–water partition coefficient (Wildman–Crippen LogP) is -3.33. The first kappa shape index (κ1) is 34.7. The number of carboxylic acids is 2. The van der Waals surface area contributed by atoms with Gasteiger partial charge < -0.3 is 35.7 Å². The summed E-state index contributed by atoms with van der Waals surface area (Å²) in [4.78, 5) is 35.5. The molecule has 0 aromatic heterocycles. The van der Waals surface area contributed by atoms with Crippen LogP contribution in [0.15, 0.2) is 42.5 Å². The molecule has 2 rings (SSSR count). The van der Waals surface area contributed by atoms with Crippen LogP contribution in [0, 0.1) is 11.8 Å². The minimum atomic E-state index is -1.13. The zero-order valence-electron chi connectivity index (χ0n) is 23.2. The van der Waals surface area contributed by atoms with E-state index >= 15 is 0 Å². The normalized spacial score (nSPS) is 20.0. The third-order valence-corrected chi connectivity index (χ3v) is 6.90. The Kier molecular flexibility index (Phi) is 17.1. The number of aliphatic carboxylic acids is 2. The molecule has 11 nitrogen and oxygen atoms in total. The number of ketones is 1. The van der Waals surface area contributed by atoms with Gasteiger partial charge in [0, 0.05) is 30.6 Å². The van der Waals surface area contributed by atoms with E-state index in [2.05, 4.69) is 10.7 Å². The van der Waals surface area contributed by atoms with Crippen molar-refractivity contribution in [1.29, 1.82) is 0 Å². The highest BCUT2D eigenvalue weighted by atomic mass is 16.4. The van der Waals surface area contributed by atoms with E-state index in [4.69, 9.17) is 11.5 Å². The molecule has 1 saturated carbocycles. The SMILES string of the molecule is NC(N)=[NH+]CCC[C@H]([NH3+])C(=O)[O-].O=C([O-])CCCCCC[C@H]1C(=O)C[C@@H](O)[C@@H]1/C=C/[C@@H](O)CCc1ccccc1. The summed E-state index contributed by atoms with van der Waals surface area (Å²) in [6, 6.07) is 9.30. The van der Waals surface area contributed by atoms with Gasteiger partial charge in [0.05, 0.1) is 24.7 Å². The lowest BCUT2D eigenvalue weighted by Gasteiger charge is -2.18. The van der Waals surface area contributed by atoms with Crippen molar-refractivity contribution in [3.63, 3.8) is 0 Å². The molecule has 10 N–H and O–H groups in total. The monoisotopic (exact) mass is 562 g/mol. The van der Waals surface area contributed by atoms with Crippen LogP contribution >= 0.6 is 0 Å². The number of aliphatic hydroxyl groups is 2. The number of nitrogens with one attached hydrogen (secondary N) is 1. The first-order valence-electron chi connectivity index (χ1n) is 14.0. The molecule has 0 unspecified atom stereocenters. The van der Waals surface area contributed by atoms with Crippen molar-refractivity contribution in [2.24, 2.45) is 23.3 Å². The highest BCUT2D eigenvalue weighted by Gasteiger charge is 2.39. The van der Waals surface area contributed by atoms with Gasteiger partial charge in [-0.05, 0) is 44.1 Å². The van der Waals surface area contributed by atoms with E-state index in [1.807, 2.05) is 36.4 Å². The summed E-state index contributed by atoms with van der Waals surface area (Å²) in [5.41, 5.74) is 14.8. The van der Waals surface area contributed by atoms with Crippen LogP contribution in [-0.2, 0) is 20.8 Å². The van der Waals surface area contributed by atoms with Gasteiger partial charge in [-0.3, -0.25) is 21.3 Å². The fourth-order valence-electron chi connectivity index (χ4n) is 4.59. The number of carbonyl (C=O) groups excluding carboxylic acids is 3. The summed E-state index contributed by atoms with van der Waals surface area (Å²) < 4.78 is 0. The fraction of sp³-hybridized carbons (Fsp3) is 0.586. The van der Waals surface area contributed by atoms with E-state index in [-0.39, 0.29) is 36.4 Å². The lowest BCUT2D eigenvalue weighted by Crippen LogP contribution is -2.78. The maximum atomic E-state index is 12.2. The van der Waals surface area contributed by atoms with Gasteiger partial charge in [-0.1, -0.05) is 61.7 Å². The highest BCUT2D eigenvalue weighted by Crippen LogP contribution is 2.34. The van der Waals surface area contributed by atoms with Crippen LogP contribution < -0.4 is 32.4 Å². The van der Waals surface area contributed by atoms with Crippen LogP contribution in [0.25, 0.3) is 0 Å². The molecule has 0 heterocycles. The fourth-order valence-corrected chi connectivity index (χ4v) is 4.59. The van der Waals surface area contributed by atoms with Crippen molar-refractivity contribution in [3.05, 3.63) is 48.0 Å². The Hall–Kier alpha value is -3.28. The first-order valence-corrected chi connectivity index (χ1v) is 14.0. The minimum Gasteiger partial charge on any atom is -0.550 e. The standard InChI is InChI=1S/C23H32O5.C6H14N4O2/c24-18(13-12-17-8-4-3-5-9-17)14-15-20-19(21(25)16-22(20)26)10-6-1-2-7-11-23(27)28;7-4(5(11)12)2-1-3-10-6(8)9/h3-5,8-9,14-15,18-20,22,24,26H,1-2,6-7,10-13,16H2,(H,27,28);4H,1-3,7H2,(H,11,12)(H4,8,9,10)/b15-14+;/t18-,19+,20+,22+;4-/m00/s1. The molecule has 1 aromatic rings. The number of hydrogen-bond donors (Lipinski definition) is 6. The number of quaternary nitrogens is 1. The van der Waals surface area contributed by atoms with E-state index < -0.39 is 30.2 Å². The Bertz CT molecular complexity index is 951. The van der Waals surface area contributed by atoms with Crippen LogP contribution in [0.3, 0.4) is 0 Å². The Morgan fingerprint density at radius 1 is 1.07 bits per heavy atom. The summed E-state index contributed by atoms with van der Waals surface area (Å²) in [6.45, 7) is 0.557. The second-order valence-corrected chi connectivity index (χ2v) is 10.3. The molecule has 224 valence electrons. The number of hydrogen-bond acceptors (Lipinski definition) is 7. The molecular formula is C29H46N4O7. The van der Waals surface area contributed by atoms with Gasteiger partial charge in [-0.2, -0.15) is 0 Å². The zero-order chi connectivity index (χ0) is 29.9. The molecule has 0 bridgehead atoms. The Morgan fingerprint density at radius 2 is 1.75 bits per heavy atom. The van der Waals surface area contributed by atoms with E-state index in [9.17, 15) is 34.8 Å². The lowest BCUT2D eigenvalue weighted by atomic mass is 9.88. The Labute approximate surface area is 236 Å². The van der Waals surface area contributed by atoms with E-state index in [1.165, 1.54) is 5.56 Å². The molecule has 5 atom stereocenters. The van der Waals surface area contributed by atoms with Crippen molar-refractivity contribution < 1.29 is 45.5 Å². The van der Waals surface area contributed by atoms with Crippen molar-refractivity contribution >= 4 is 23.7 Å². The van der Waals surface area contributed by atoms with Gasteiger partial charge in [0.15, 0.2) is 0 Å². The lowest BCUT2D eigenvalue weighted by molar-refractivity contribution is -0.466. The van der Waals surface area contributed by atoms with Gasteiger partial charge in [0.25, 0.3) is 0 Å². The predicted molar refractivity (Wildman–Crippen MR) is 145 cm³/mol.